The van der Waals surface area contributed by atoms with E-state index < -0.39 is 10.1 Å². The lowest BCUT2D eigenvalue weighted by atomic mass is 10.1. The molecule has 1 aromatic carbocycles. The van der Waals surface area contributed by atoms with Crippen molar-refractivity contribution in [1.29, 1.82) is 0 Å². The van der Waals surface area contributed by atoms with E-state index in [2.05, 4.69) is 13.8 Å². The summed E-state index contributed by atoms with van der Waals surface area (Å²) in [4.78, 5) is 14.1. The molecule has 1 rings (SSSR count). The number of amides is 1. The van der Waals surface area contributed by atoms with Crippen LogP contribution < -0.4 is 8.92 Å². The Morgan fingerprint density at radius 2 is 1.92 bits per heavy atom. The lowest BCUT2D eigenvalue weighted by molar-refractivity contribution is -0.132. The van der Waals surface area contributed by atoms with Crippen LogP contribution in [0.1, 0.15) is 39.2 Å². The molecule has 24 heavy (non-hydrogen) atoms. The first-order valence-electron chi connectivity index (χ1n) is 8.00. The molecule has 136 valence electrons. The van der Waals surface area contributed by atoms with Gasteiger partial charge in [-0.1, -0.05) is 26.8 Å². The van der Waals surface area contributed by atoms with E-state index >= 15 is 0 Å². The number of carbonyl (C=O) groups excluding carboxylic acids is 1. The first-order chi connectivity index (χ1) is 11.2. The Kier molecular flexibility index (Phi) is 7.54. The molecule has 0 saturated heterocycles. The summed E-state index contributed by atoms with van der Waals surface area (Å²) < 4.78 is 32.9. The fraction of sp³-hybridized carbons (Fsp3) is 0.588. The zero-order valence-corrected chi connectivity index (χ0v) is 15.9. The van der Waals surface area contributed by atoms with Crippen LogP contribution in [0.4, 0.5) is 0 Å². The third-order valence-corrected chi connectivity index (χ3v) is 3.73. The van der Waals surface area contributed by atoms with Crippen molar-refractivity contribution < 1.29 is 22.1 Å². The minimum absolute atomic E-state index is 0.0904. The smallest absolute Gasteiger partial charge is 0.306 e. The normalized spacial score (nSPS) is 11.4. The van der Waals surface area contributed by atoms with Crippen molar-refractivity contribution >= 4 is 16.0 Å². The number of ether oxygens (including phenoxy) is 1. The molecule has 0 radical (unpaired) electrons. The Hall–Kier alpha value is -1.76. The fourth-order valence-electron chi connectivity index (χ4n) is 2.34. The van der Waals surface area contributed by atoms with Crippen molar-refractivity contribution in [3.8, 4) is 11.5 Å². The zero-order chi connectivity index (χ0) is 18.3. The van der Waals surface area contributed by atoms with Gasteiger partial charge in [-0.25, -0.2) is 0 Å². The van der Waals surface area contributed by atoms with E-state index in [0.29, 0.717) is 31.2 Å². The van der Waals surface area contributed by atoms with E-state index in [1.807, 2.05) is 6.92 Å². The first-order valence-corrected chi connectivity index (χ1v) is 9.82. The van der Waals surface area contributed by atoms with Gasteiger partial charge in [0, 0.05) is 19.5 Å². The molecule has 0 N–H and O–H groups in total. The minimum atomic E-state index is -3.66. The van der Waals surface area contributed by atoms with E-state index in [-0.39, 0.29) is 11.7 Å². The molecule has 0 fully saturated rings. The highest BCUT2D eigenvalue weighted by Crippen LogP contribution is 2.29. The number of carbonyl (C=O) groups is 1. The molecule has 0 unspecified atom stereocenters. The molecular weight excluding hydrogens is 330 g/mol. The maximum atomic E-state index is 12.3. The molecule has 0 bridgehead atoms. The van der Waals surface area contributed by atoms with Crippen molar-refractivity contribution in [3.05, 3.63) is 23.8 Å². The van der Waals surface area contributed by atoms with Gasteiger partial charge in [-0.05, 0) is 30.0 Å². The van der Waals surface area contributed by atoms with Gasteiger partial charge in [-0.15, -0.1) is 0 Å². The molecule has 0 aliphatic carbocycles. The number of rotatable bonds is 9. The highest BCUT2D eigenvalue weighted by molar-refractivity contribution is 7.86. The molecule has 7 heteroatoms. The quantitative estimate of drug-likeness (QED) is 0.636. The molecule has 1 aromatic rings. The molecular formula is C17H27NO5S. The van der Waals surface area contributed by atoms with Crippen LogP contribution in [0.15, 0.2) is 18.2 Å². The van der Waals surface area contributed by atoms with Crippen molar-refractivity contribution in [2.24, 2.45) is 5.92 Å². The number of hydrogen-bond acceptors (Lipinski definition) is 5. The van der Waals surface area contributed by atoms with E-state index in [1.54, 1.807) is 23.1 Å². The second kappa shape index (κ2) is 8.92. The summed E-state index contributed by atoms with van der Waals surface area (Å²) in [7, 11) is -2.22. The van der Waals surface area contributed by atoms with Crippen molar-refractivity contribution in [1.82, 2.24) is 4.90 Å². The van der Waals surface area contributed by atoms with Crippen LogP contribution in [0.5, 0.6) is 11.5 Å². The Balaban J connectivity index is 3.06. The predicted octanol–water partition coefficient (Wildman–Crippen LogP) is 2.82. The standard InChI is InChI=1S/C17H27NO5S/c1-6-7-17(19)18(11-13(2)3)12-14-8-9-15(22-4)16(10-14)23-24(5,20)21/h8-10,13H,6-7,11-12H2,1-5H3. The van der Waals surface area contributed by atoms with Gasteiger partial charge in [0.25, 0.3) is 0 Å². The zero-order valence-electron chi connectivity index (χ0n) is 15.0. The Labute approximate surface area is 144 Å². The van der Waals surface area contributed by atoms with Crippen LogP contribution in [0.25, 0.3) is 0 Å². The Morgan fingerprint density at radius 1 is 1.25 bits per heavy atom. The average Bonchev–Trinajstić information content (AvgIpc) is 2.45. The van der Waals surface area contributed by atoms with Crippen LogP contribution in [-0.2, 0) is 21.5 Å². The molecule has 0 saturated carbocycles. The van der Waals surface area contributed by atoms with Gasteiger partial charge in [0.05, 0.1) is 13.4 Å². The van der Waals surface area contributed by atoms with Gasteiger partial charge < -0.3 is 13.8 Å². The molecule has 6 nitrogen and oxygen atoms in total. The second-order valence-corrected chi connectivity index (χ2v) is 7.77. The Morgan fingerprint density at radius 3 is 2.42 bits per heavy atom. The van der Waals surface area contributed by atoms with E-state index in [0.717, 1.165) is 18.2 Å². The average molecular weight is 357 g/mol. The van der Waals surface area contributed by atoms with Crippen LogP contribution in [0.2, 0.25) is 0 Å². The summed E-state index contributed by atoms with van der Waals surface area (Å²) in [6, 6.07) is 5.06. The van der Waals surface area contributed by atoms with Gasteiger partial charge in [0.2, 0.25) is 5.91 Å². The second-order valence-electron chi connectivity index (χ2n) is 6.19. The summed E-state index contributed by atoms with van der Waals surface area (Å²) in [5.41, 5.74) is 0.791. The molecule has 0 aromatic heterocycles. The van der Waals surface area contributed by atoms with Crippen LogP contribution in [0, 0.1) is 5.92 Å². The monoisotopic (exact) mass is 357 g/mol. The third kappa shape index (κ3) is 6.78. The fourth-order valence-corrected chi connectivity index (χ4v) is 2.79. The highest BCUT2D eigenvalue weighted by atomic mass is 32.2. The lowest BCUT2D eigenvalue weighted by Crippen LogP contribution is -2.33. The van der Waals surface area contributed by atoms with Gasteiger partial charge >= 0.3 is 10.1 Å². The SMILES string of the molecule is CCCC(=O)N(Cc1ccc(OC)c(OS(C)(=O)=O)c1)CC(C)C. The maximum Gasteiger partial charge on any atom is 0.306 e. The molecule has 0 heterocycles. The number of hydrogen-bond donors (Lipinski definition) is 0. The van der Waals surface area contributed by atoms with Crippen molar-refractivity contribution in [2.75, 3.05) is 19.9 Å². The summed E-state index contributed by atoms with van der Waals surface area (Å²) in [5, 5.41) is 0. The van der Waals surface area contributed by atoms with Crippen LogP contribution >= 0.6 is 0 Å². The van der Waals surface area contributed by atoms with Gasteiger partial charge in [0.1, 0.15) is 0 Å². The Bertz CT molecular complexity index is 655. The van der Waals surface area contributed by atoms with Gasteiger partial charge in [-0.3, -0.25) is 4.79 Å². The van der Waals surface area contributed by atoms with Crippen molar-refractivity contribution in [2.45, 2.75) is 40.2 Å². The summed E-state index contributed by atoms with van der Waals surface area (Å²) >= 11 is 0. The molecule has 0 spiro atoms. The van der Waals surface area contributed by atoms with Gasteiger partial charge in [0.15, 0.2) is 11.5 Å². The number of methoxy groups -OCH3 is 1. The molecule has 1 amide bonds. The topological polar surface area (TPSA) is 72.9 Å². The summed E-state index contributed by atoms with van der Waals surface area (Å²) in [5.74, 6) is 0.896. The lowest BCUT2D eigenvalue weighted by Gasteiger charge is -2.25. The van der Waals surface area contributed by atoms with E-state index in [1.165, 1.54) is 7.11 Å². The summed E-state index contributed by atoms with van der Waals surface area (Å²) in [6.07, 6.45) is 2.27. The largest absolute Gasteiger partial charge is 0.493 e. The van der Waals surface area contributed by atoms with Crippen molar-refractivity contribution in [3.63, 3.8) is 0 Å². The molecule has 0 aliphatic heterocycles. The maximum absolute atomic E-state index is 12.3. The highest BCUT2D eigenvalue weighted by Gasteiger charge is 2.17. The number of nitrogens with zero attached hydrogens (tertiary/aromatic N) is 1. The van der Waals surface area contributed by atoms with Crippen LogP contribution in [-0.4, -0.2) is 39.1 Å². The molecule has 0 atom stereocenters. The number of benzene rings is 1. The third-order valence-electron chi connectivity index (χ3n) is 3.24. The van der Waals surface area contributed by atoms with Crippen LogP contribution in [0.3, 0.4) is 0 Å². The van der Waals surface area contributed by atoms with E-state index in [9.17, 15) is 13.2 Å². The summed E-state index contributed by atoms with van der Waals surface area (Å²) in [6.45, 7) is 7.13. The van der Waals surface area contributed by atoms with E-state index in [4.69, 9.17) is 8.92 Å². The first kappa shape index (κ1) is 20.3. The minimum Gasteiger partial charge on any atom is -0.493 e. The predicted molar refractivity (Wildman–Crippen MR) is 93.6 cm³/mol. The van der Waals surface area contributed by atoms with Gasteiger partial charge in [-0.2, -0.15) is 8.42 Å². The molecule has 0 aliphatic rings.